The van der Waals surface area contributed by atoms with E-state index in [9.17, 15) is 14.0 Å². The Hall–Kier alpha value is -1.99. The number of nitrogens with one attached hydrogen (secondary N) is 2. The van der Waals surface area contributed by atoms with Gasteiger partial charge in [0.25, 0.3) is 11.8 Å². The second kappa shape index (κ2) is 7.33. The van der Waals surface area contributed by atoms with Gasteiger partial charge in [0.1, 0.15) is 10.7 Å². The van der Waals surface area contributed by atoms with Crippen LogP contribution in [0.15, 0.2) is 23.7 Å². The molecule has 0 saturated heterocycles. The van der Waals surface area contributed by atoms with Crippen LogP contribution in [-0.2, 0) is 0 Å². The highest BCUT2D eigenvalue weighted by Gasteiger charge is 2.12. The van der Waals surface area contributed by atoms with Gasteiger partial charge in [0.05, 0.1) is 5.51 Å². The zero-order valence-corrected chi connectivity index (χ0v) is 13.2. The third kappa shape index (κ3) is 4.02. The minimum Gasteiger partial charge on any atom is -0.350 e. The predicted molar refractivity (Wildman–Crippen MR) is 82.9 cm³/mol. The van der Waals surface area contributed by atoms with Gasteiger partial charge in [0, 0.05) is 18.7 Å². The summed E-state index contributed by atoms with van der Waals surface area (Å²) in [6.45, 7) is 2.07. The number of hydrogen-bond acceptors (Lipinski definition) is 4. The van der Waals surface area contributed by atoms with E-state index in [0.29, 0.717) is 10.4 Å². The van der Waals surface area contributed by atoms with Crippen molar-refractivity contribution >= 4 is 34.8 Å². The number of carbonyl (C=O) groups excluding carboxylic acids is 2. The maximum atomic E-state index is 13.4. The quantitative estimate of drug-likeness (QED) is 0.820. The molecule has 2 amide bonds. The minimum absolute atomic E-state index is 0.154. The first-order valence-corrected chi connectivity index (χ1v) is 7.66. The van der Waals surface area contributed by atoms with Crippen LogP contribution in [0.3, 0.4) is 0 Å². The molecule has 0 aliphatic rings. The Morgan fingerprint density at radius 3 is 2.55 bits per heavy atom. The molecule has 8 heteroatoms. The molecule has 0 bridgehead atoms. The topological polar surface area (TPSA) is 71.1 Å². The maximum Gasteiger partial charge on any atom is 0.264 e. The summed E-state index contributed by atoms with van der Waals surface area (Å²) in [5, 5.41) is 5.36. The number of aromatic nitrogens is 1. The second-order valence-electron chi connectivity index (χ2n) is 4.45. The Balaban J connectivity index is 1.79. The van der Waals surface area contributed by atoms with Crippen molar-refractivity contribution in [2.45, 2.75) is 6.92 Å². The highest BCUT2D eigenvalue weighted by atomic mass is 35.5. The molecule has 1 heterocycles. The van der Waals surface area contributed by atoms with Crippen LogP contribution < -0.4 is 10.6 Å². The van der Waals surface area contributed by atoms with E-state index in [2.05, 4.69) is 15.6 Å². The summed E-state index contributed by atoms with van der Waals surface area (Å²) < 4.78 is 13.4. The molecule has 5 nitrogen and oxygen atoms in total. The van der Waals surface area contributed by atoms with Gasteiger partial charge in [-0.15, -0.1) is 11.3 Å². The Morgan fingerprint density at radius 1 is 1.27 bits per heavy atom. The molecule has 22 heavy (non-hydrogen) atoms. The average Bonchev–Trinajstić information content (AvgIpc) is 2.92. The maximum absolute atomic E-state index is 13.4. The number of halogens is 2. The molecule has 0 fully saturated rings. The van der Waals surface area contributed by atoms with Crippen molar-refractivity contribution < 1.29 is 14.0 Å². The summed E-state index contributed by atoms with van der Waals surface area (Å²) in [5.41, 5.74) is 2.19. The van der Waals surface area contributed by atoms with Crippen molar-refractivity contribution in [3.05, 3.63) is 50.7 Å². The van der Waals surface area contributed by atoms with E-state index in [0.717, 1.165) is 11.3 Å². The molecule has 2 rings (SSSR count). The summed E-state index contributed by atoms with van der Waals surface area (Å²) in [5.74, 6) is -1.17. The Bertz CT molecular complexity index is 705. The number of hydrogen-bond donors (Lipinski definition) is 2. The molecule has 1 aromatic heterocycles. The summed E-state index contributed by atoms with van der Waals surface area (Å²) >= 11 is 6.88. The van der Waals surface area contributed by atoms with E-state index in [1.807, 2.05) is 0 Å². The summed E-state index contributed by atoms with van der Waals surface area (Å²) in [6.07, 6.45) is 0. The van der Waals surface area contributed by atoms with E-state index < -0.39 is 11.7 Å². The number of nitrogens with zero attached hydrogens (tertiary/aromatic N) is 1. The SMILES string of the molecule is Cc1ccc(C(=O)NCCNC(=O)c2scnc2Cl)cc1F. The third-order valence-corrected chi connectivity index (χ3v) is 4.08. The largest absolute Gasteiger partial charge is 0.350 e. The van der Waals surface area contributed by atoms with Crippen LogP contribution in [0.1, 0.15) is 25.6 Å². The van der Waals surface area contributed by atoms with Gasteiger partial charge >= 0.3 is 0 Å². The lowest BCUT2D eigenvalue weighted by atomic mass is 10.1. The number of aryl methyl sites for hydroxylation is 1. The molecular weight excluding hydrogens is 329 g/mol. The molecule has 0 spiro atoms. The lowest BCUT2D eigenvalue weighted by molar-refractivity contribution is 0.0929. The van der Waals surface area contributed by atoms with Crippen LogP contribution in [0.2, 0.25) is 5.15 Å². The van der Waals surface area contributed by atoms with E-state index in [1.54, 1.807) is 13.0 Å². The van der Waals surface area contributed by atoms with Gasteiger partial charge in [-0.05, 0) is 24.6 Å². The summed E-state index contributed by atoms with van der Waals surface area (Å²) in [4.78, 5) is 27.6. The number of thiazole rings is 1. The highest BCUT2D eigenvalue weighted by Crippen LogP contribution is 2.17. The van der Waals surface area contributed by atoms with Crippen LogP contribution in [0.5, 0.6) is 0 Å². The van der Waals surface area contributed by atoms with Gasteiger partial charge in [-0.2, -0.15) is 0 Å². The molecule has 0 aliphatic heterocycles. The normalized spacial score (nSPS) is 10.3. The zero-order chi connectivity index (χ0) is 16.1. The van der Waals surface area contributed by atoms with Crippen molar-refractivity contribution in [1.82, 2.24) is 15.6 Å². The average molecular weight is 342 g/mol. The molecule has 0 saturated carbocycles. The molecule has 0 radical (unpaired) electrons. The molecular formula is C14H13ClFN3O2S. The molecule has 0 unspecified atom stereocenters. The number of carbonyl (C=O) groups is 2. The number of benzene rings is 1. The van der Waals surface area contributed by atoms with Gasteiger partial charge in [0.15, 0.2) is 5.15 Å². The van der Waals surface area contributed by atoms with Crippen LogP contribution in [0, 0.1) is 12.7 Å². The fraction of sp³-hybridized carbons (Fsp3) is 0.214. The molecule has 1 aromatic carbocycles. The van der Waals surface area contributed by atoms with Crippen molar-refractivity contribution in [3.8, 4) is 0 Å². The van der Waals surface area contributed by atoms with Crippen molar-refractivity contribution in [2.24, 2.45) is 0 Å². The van der Waals surface area contributed by atoms with E-state index in [-0.39, 0.29) is 29.7 Å². The second-order valence-corrected chi connectivity index (χ2v) is 5.66. The fourth-order valence-corrected chi connectivity index (χ4v) is 2.57. The zero-order valence-electron chi connectivity index (χ0n) is 11.7. The summed E-state index contributed by atoms with van der Waals surface area (Å²) in [6, 6.07) is 4.27. The number of rotatable bonds is 5. The van der Waals surface area contributed by atoms with E-state index >= 15 is 0 Å². The first kappa shape index (κ1) is 16.4. The fourth-order valence-electron chi connectivity index (χ4n) is 1.65. The first-order valence-electron chi connectivity index (χ1n) is 6.40. The Kier molecular flexibility index (Phi) is 5.46. The summed E-state index contributed by atoms with van der Waals surface area (Å²) in [7, 11) is 0. The van der Waals surface area contributed by atoms with Gasteiger partial charge in [-0.3, -0.25) is 9.59 Å². The Labute approximate surface area is 135 Å². The van der Waals surface area contributed by atoms with Gasteiger partial charge in [0.2, 0.25) is 0 Å². The lowest BCUT2D eigenvalue weighted by Gasteiger charge is -2.07. The standard InChI is InChI=1S/C14H13ClFN3O2S/c1-8-2-3-9(6-10(8)16)13(20)17-4-5-18-14(21)11-12(15)19-7-22-11/h2-3,6-7H,4-5H2,1H3,(H,17,20)(H,18,21). The van der Waals surface area contributed by atoms with Gasteiger partial charge in [-0.1, -0.05) is 17.7 Å². The van der Waals surface area contributed by atoms with Crippen molar-refractivity contribution in [3.63, 3.8) is 0 Å². The van der Waals surface area contributed by atoms with Crippen molar-refractivity contribution in [2.75, 3.05) is 13.1 Å². The smallest absolute Gasteiger partial charge is 0.264 e. The number of amides is 2. The minimum atomic E-state index is -0.430. The van der Waals surface area contributed by atoms with Crippen LogP contribution in [0.25, 0.3) is 0 Å². The molecule has 0 aliphatic carbocycles. The molecule has 116 valence electrons. The monoisotopic (exact) mass is 341 g/mol. The van der Waals surface area contributed by atoms with Crippen molar-refractivity contribution in [1.29, 1.82) is 0 Å². The van der Waals surface area contributed by atoms with Crippen LogP contribution >= 0.6 is 22.9 Å². The predicted octanol–water partition coefficient (Wildman–Crippen LogP) is 2.40. The lowest BCUT2D eigenvalue weighted by Crippen LogP contribution is -2.34. The third-order valence-electron chi connectivity index (χ3n) is 2.86. The van der Waals surface area contributed by atoms with Gasteiger partial charge < -0.3 is 10.6 Å². The Morgan fingerprint density at radius 2 is 1.95 bits per heavy atom. The molecule has 2 aromatic rings. The van der Waals surface area contributed by atoms with Gasteiger partial charge in [-0.25, -0.2) is 9.37 Å². The first-order chi connectivity index (χ1) is 10.5. The van der Waals surface area contributed by atoms with Crippen LogP contribution in [0.4, 0.5) is 4.39 Å². The highest BCUT2D eigenvalue weighted by molar-refractivity contribution is 7.12. The van der Waals surface area contributed by atoms with Crippen LogP contribution in [-0.4, -0.2) is 29.9 Å². The van der Waals surface area contributed by atoms with E-state index in [1.165, 1.54) is 17.6 Å². The van der Waals surface area contributed by atoms with E-state index in [4.69, 9.17) is 11.6 Å². The molecule has 2 N–H and O–H groups in total. The molecule has 0 atom stereocenters.